The van der Waals surface area contributed by atoms with Crippen LogP contribution in [0.25, 0.3) is 6.08 Å². The predicted octanol–water partition coefficient (Wildman–Crippen LogP) is 5.68. The summed E-state index contributed by atoms with van der Waals surface area (Å²) in [6.45, 7) is 4.81. The maximum absolute atomic E-state index is 12.6. The van der Waals surface area contributed by atoms with Crippen molar-refractivity contribution in [2.45, 2.75) is 20.5 Å². The molecule has 0 N–H and O–H groups in total. The molecular formula is C21H19ClN2O4S2. The highest BCUT2D eigenvalue weighted by atomic mass is 35.5. The molecule has 1 heterocycles. The van der Waals surface area contributed by atoms with Gasteiger partial charge in [-0.05, 0) is 35.3 Å². The number of hydrogen-bond acceptors (Lipinski definition) is 6. The molecule has 0 unspecified atom stereocenters. The zero-order valence-electron chi connectivity index (χ0n) is 16.3. The van der Waals surface area contributed by atoms with E-state index in [-0.39, 0.29) is 18.2 Å². The molecule has 9 heteroatoms. The third-order valence-corrected chi connectivity index (χ3v) is 5.86. The fourth-order valence-corrected chi connectivity index (χ4v) is 4.34. The van der Waals surface area contributed by atoms with Crippen molar-refractivity contribution in [3.63, 3.8) is 0 Å². The first-order chi connectivity index (χ1) is 14.2. The van der Waals surface area contributed by atoms with Gasteiger partial charge in [0.1, 0.15) is 16.7 Å². The van der Waals surface area contributed by atoms with Gasteiger partial charge in [-0.3, -0.25) is 19.8 Å². The van der Waals surface area contributed by atoms with Gasteiger partial charge in [-0.25, -0.2) is 0 Å². The van der Waals surface area contributed by atoms with Gasteiger partial charge in [-0.1, -0.05) is 67.6 Å². The molecule has 2 aromatic rings. The maximum Gasteiger partial charge on any atom is 0.269 e. The third kappa shape index (κ3) is 5.38. The van der Waals surface area contributed by atoms with E-state index < -0.39 is 4.92 Å². The van der Waals surface area contributed by atoms with Crippen LogP contribution in [-0.4, -0.2) is 26.6 Å². The van der Waals surface area contributed by atoms with E-state index in [0.717, 1.165) is 5.56 Å². The summed E-state index contributed by atoms with van der Waals surface area (Å²) in [7, 11) is 0. The maximum atomic E-state index is 12.6. The first-order valence-corrected chi connectivity index (χ1v) is 10.8. The van der Waals surface area contributed by atoms with Crippen molar-refractivity contribution in [3.05, 3.63) is 73.6 Å². The lowest BCUT2D eigenvalue weighted by Gasteiger charge is -2.16. The van der Waals surface area contributed by atoms with Crippen LogP contribution in [-0.2, 0) is 11.4 Å². The molecule has 1 saturated heterocycles. The van der Waals surface area contributed by atoms with Crippen LogP contribution in [0.5, 0.6) is 5.75 Å². The molecule has 0 bridgehead atoms. The van der Waals surface area contributed by atoms with E-state index in [9.17, 15) is 14.9 Å². The normalized spacial score (nSPS) is 15.3. The monoisotopic (exact) mass is 462 g/mol. The molecule has 0 spiro atoms. The average molecular weight is 463 g/mol. The van der Waals surface area contributed by atoms with Crippen LogP contribution in [0.3, 0.4) is 0 Å². The molecule has 1 aliphatic heterocycles. The lowest BCUT2D eigenvalue weighted by molar-refractivity contribution is -0.384. The van der Waals surface area contributed by atoms with E-state index in [1.54, 1.807) is 41.3 Å². The number of nitro groups is 1. The van der Waals surface area contributed by atoms with Crippen LogP contribution in [0, 0.1) is 16.0 Å². The molecule has 0 saturated carbocycles. The van der Waals surface area contributed by atoms with Crippen molar-refractivity contribution in [3.8, 4) is 5.75 Å². The highest BCUT2D eigenvalue weighted by Gasteiger charge is 2.32. The molecule has 2 aromatic carbocycles. The van der Waals surface area contributed by atoms with Crippen molar-refractivity contribution in [1.82, 2.24) is 4.90 Å². The Hall–Kier alpha value is -2.42. The number of thiocarbonyl (C=S) groups is 1. The van der Waals surface area contributed by atoms with Gasteiger partial charge in [0.25, 0.3) is 11.6 Å². The molecule has 0 atom stereocenters. The second-order valence-electron chi connectivity index (χ2n) is 7.09. The van der Waals surface area contributed by atoms with E-state index in [0.29, 0.717) is 38.0 Å². The van der Waals surface area contributed by atoms with Crippen LogP contribution in [0.1, 0.15) is 25.0 Å². The Morgan fingerprint density at radius 2 is 2.07 bits per heavy atom. The fourth-order valence-electron chi connectivity index (χ4n) is 2.82. The van der Waals surface area contributed by atoms with Gasteiger partial charge < -0.3 is 4.74 Å². The summed E-state index contributed by atoms with van der Waals surface area (Å²) in [5.74, 6) is 0.678. The van der Waals surface area contributed by atoms with E-state index in [2.05, 4.69) is 0 Å². The number of ether oxygens (including phenoxy) is 1. The second-order valence-corrected chi connectivity index (χ2v) is 9.17. The number of benzene rings is 2. The van der Waals surface area contributed by atoms with Crippen LogP contribution < -0.4 is 4.74 Å². The molecule has 0 aliphatic carbocycles. The topological polar surface area (TPSA) is 72.7 Å². The van der Waals surface area contributed by atoms with Gasteiger partial charge in [-0.2, -0.15) is 0 Å². The standard InChI is InChI=1S/C21H19ClN2O4S2/c1-13(2)11-23-20(25)19(30-21(23)29)10-14-6-7-18(17(22)9-14)28-12-15-4-3-5-16(8-15)24(26)27/h3-10,13H,11-12H2,1-2H3/b19-10-. The minimum Gasteiger partial charge on any atom is -0.487 e. The van der Waals surface area contributed by atoms with Crippen molar-refractivity contribution >= 4 is 57.6 Å². The number of halogens is 1. The van der Waals surface area contributed by atoms with Gasteiger partial charge in [0.15, 0.2) is 0 Å². The highest BCUT2D eigenvalue weighted by Crippen LogP contribution is 2.34. The molecule has 6 nitrogen and oxygen atoms in total. The Labute approximate surface area is 189 Å². The molecule has 1 amide bonds. The first kappa shape index (κ1) is 22.3. The van der Waals surface area contributed by atoms with E-state index in [4.69, 9.17) is 28.6 Å². The third-order valence-electron chi connectivity index (χ3n) is 4.19. The molecule has 156 valence electrons. The minimum absolute atomic E-state index is 0.00678. The first-order valence-electron chi connectivity index (χ1n) is 9.15. The van der Waals surface area contributed by atoms with Crippen LogP contribution in [0.2, 0.25) is 5.02 Å². The summed E-state index contributed by atoms with van der Waals surface area (Å²) in [5.41, 5.74) is 1.43. The van der Waals surface area contributed by atoms with Crippen molar-refractivity contribution in [1.29, 1.82) is 0 Å². The van der Waals surface area contributed by atoms with Gasteiger partial charge in [-0.15, -0.1) is 0 Å². The lowest BCUT2D eigenvalue weighted by Crippen LogP contribution is -2.31. The molecule has 1 aliphatic rings. The summed E-state index contributed by atoms with van der Waals surface area (Å²) in [5, 5.41) is 11.3. The van der Waals surface area contributed by atoms with E-state index in [1.165, 1.54) is 23.9 Å². The number of hydrogen-bond donors (Lipinski definition) is 0. The van der Waals surface area contributed by atoms with E-state index >= 15 is 0 Å². The Bertz CT molecular complexity index is 1040. The Morgan fingerprint density at radius 1 is 1.30 bits per heavy atom. The van der Waals surface area contributed by atoms with Crippen LogP contribution in [0.4, 0.5) is 5.69 Å². The average Bonchev–Trinajstić information content (AvgIpc) is 2.94. The number of nitrogens with zero attached hydrogens (tertiary/aromatic N) is 2. The van der Waals surface area contributed by atoms with Crippen LogP contribution >= 0.6 is 35.6 Å². The van der Waals surface area contributed by atoms with Crippen LogP contribution in [0.15, 0.2) is 47.4 Å². The minimum atomic E-state index is -0.449. The molecule has 0 radical (unpaired) electrons. The van der Waals surface area contributed by atoms with E-state index in [1.807, 2.05) is 13.8 Å². The Balaban J connectivity index is 1.70. The Morgan fingerprint density at radius 3 is 2.73 bits per heavy atom. The SMILES string of the molecule is CC(C)CN1C(=O)/C(=C/c2ccc(OCc3cccc([N+](=O)[O-])c3)c(Cl)c2)SC1=S. The van der Waals surface area contributed by atoms with Crippen molar-refractivity contribution in [2.24, 2.45) is 5.92 Å². The number of carbonyl (C=O) groups is 1. The number of rotatable bonds is 7. The summed E-state index contributed by atoms with van der Waals surface area (Å²) in [6, 6.07) is 11.4. The summed E-state index contributed by atoms with van der Waals surface area (Å²) >= 11 is 12.9. The number of amides is 1. The zero-order chi connectivity index (χ0) is 21.8. The zero-order valence-corrected chi connectivity index (χ0v) is 18.7. The second kappa shape index (κ2) is 9.59. The van der Waals surface area contributed by atoms with Gasteiger partial charge in [0.2, 0.25) is 0 Å². The van der Waals surface area contributed by atoms with Gasteiger partial charge in [0, 0.05) is 18.7 Å². The molecule has 1 fully saturated rings. The number of carbonyl (C=O) groups excluding carboxylic acids is 1. The lowest BCUT2D eigenvalue weighted by atomic mass is 10.2. The number of non-ortho nitro benzene ring substituents is 1. The predicted molar refractivity (Wildman–Crippen MR) is 124 cm³/mol. The smallest absolute Gasteiger partial charge is 0.269 e. The van der Waals surface area contributed by atoms with Gasteiger partial charge >= 0.3 is 0 Å². The number of nitro benzene ring substituents is 1. The molecule has 3 rings (SSSR count). The fraction of sp³-hybridized carbons (Fsp3) is 0.238. The molecule has 30 heavy (non-hydrogen) atoms. The van der Waals surface area contributed by atoms with Gasteiger partial charge in [0.05, 0.1) is 14.9 Å². The number of thioether (sulfide) groups is 1. The molecular weight excluding hydrogens is 444 g/mol. The van der Waals surface area contributed by atoms with Crippen molar-refractivity contribution in [2.75, 3.05) is 6.54 Å². The van der Waals surface area contributed by atoms with Crippen molar-refractivity contribution < 1.29 is 14.5 Å². The molecule has 0 aromatic heterocycles. The summed E-state index contributed by atoms with van der Waals surface area (Å²) in [6.07, 6.45) is 1.76. The summed E-state index contributed by atoms with van der Waals surface area (Å²) < 4.78 is 6.26. The Kier molecular flexibility index (Phi) is 7.12. The largest absolute Gasteiger partial charge is 0.487 e. The highest BCUT2D eigenvalue weighted by molar-refractivity contribution is 8.26. The quantitative estimate of drug-likeness (QED) is 0.228. The summed E-state index contributed by atoms with van der Waals surface area (Å²) in [4.78, 5) is 25.2.